The third-order valence-electron chi connectivity index (χ3n) is 5.15. The molecule has 0 saturated carbocycles. The normalized spacial score (nSPS) is 17.7. The number of benzene rings is 2. The molecule has 0 bridgehead atoms. The first-order valence-corrected chi connectivity index (χ1v) is 11.4. The summed E-state index contributed by atoms with van der Waals surface area (Å²) in [5.41, 5.74) is 10.5. The number of primary amides is 1. The van der Waals surface area contributed by atoms with Crippen molar-refractivity contribution in [3.8, 4) is 11.1 Å². The molecule has 8 heteroatoms. The second-order valence-corrected chi connectivity index (χ2v) is 8.89. The van der Waals surface area contributed by atoms with E-state index in [-0.39, 0.29) is 6.10 Å². The molecule has 3 atom stereocenters. The highest BCUT2D eigenvalue weighted by Crippen LogP contribution is 2.25. The van der Waals surface area contributed by atoms with Gasteiger partial charge in [0.15, 0.2) is 5.25 Å². The number of carbonyl (C=O) groups is 1. The Balaban J connectivity index is 1.59. The van der Waals surface area contributed by atoms with Crippen LogP contribution >= 0.6 is 0 Å². The number of carbonyl (C=O) groups excluding carboxylic acids is 1. The van der Waals surface area contributed by atoms with E-state index in [9.17, 15) is 14.3 Å². The molecule has 30 heavy (non-hydrogen) atoms. The maximum Gasteiger partial charge on any atom is 0.270 e. The van der Waals surface area contributed by atoms with Gasteiger partial charge in [-0.2, -0.15) is 4.91 Å². The van der Waals surface area contributed by atoms with Gasteiger partial charge in [-0.1, -0.05) is 58.9 Å². The summed E-state index contributed by atoms with van der Waals surface area (Å²) in [6.07, 6.45) is 3.61. The van der Waals surface area contributed by atoms with Crippen molar-refractivity contribution >= 4 is 22.8 Å². The summed E-state index contributed by atoms with van der Waals surface area (Å²) in [5, 5.41) is 6.30. The third-order valence-corrected chi connectivity index (χ3v) is 6.37. The van der Waals surface area contributed by atoms with Crippen molar-refractivity contribution in [2.75, 3.05) is 12.8 Å². The molecule has 0 saturated heterocycles. The molecule has 0 fully saturated rings. The van der Waals surface area contributed by atoms with Gasteiger partial charge < -0.3 is 15.1 Å². The molecule has 2 aromatic rings. The van der Waals surface area contributed by atoms with Gasteiger partial charge in [-0.3, -0.25) is 4.79 Å². The van der Waals surface area contributed by atoms with Gasteiger partial charge >= 0.3 is 0 Å². The lowest BCUT2D eigenvalue weighted by atomic mass is 9.98. The zero-order valence-corrected chi connectivity index (χ0v) is 17.6. The van der Waals surface area contributed by atoms with Crippen molar-refractivity contribution in [3.05, 3.63) is 64.6 Å². The molecule has 3 rings (SSSR count). The molecule has 2 N–H and O–H groups in total. The topological polar surface area (TPSA) is 117 Å². The van der Waals surface area contributed by atoms with Crippen molar-refractivity contribution in [2.24, 2.45) is 16.1 Å². The van der Waals surface area contributed by atoms with Crippen molar-refractivity contribution < 1.29 is 14.2 Å². The molecule has 0 spiro atoms. The predicted octanol–water partition coefficient (Wildman–Crippen LogP) is 3.17. The highest BCUT2D eigenvalue weighted by Gasteiger charge is 2.33. The number of nitroso groups, excluding NO2 is 1. The van der Waals surface area contributed by atoms with E-state index in [2.05, 4.69) is 34.6 Å². The Morgan fingerprint density at radius 2 is 1.80 bits per heavy atom. The maximum absolute atomic E-state index is 11.7. The molecule has 0 aromatic heterocycles. The Kier molecular flexibility index (Phi) is 7.59. The van der Waals surface area contributed by atoms with Crippen LogP contribution in [0.2, 0.25) is 0 Å². The van der Waals surface area contributed by atoms with Gasteiger partial charge in [0.05, 0.1) is 18.5 Å². The molecule has 2 aromatic carbocycles. The first kappa shape index (κ1) is 22.0. The lowest BCUT2D eigenvalue weighted by Gasteiger charge is -2.17. The minimum Gasteiger partial charge on any atom is -0.616 e. The van der Waals surface area contributed by atoms with Crippen LogP contribution in [0.5, 0.6) is 0 Å². The summed E-state index contributed by atoms with van der Waals surface area (Å²) in [5.74, 6) is -0.580. The Hall–Kier alpha value is -2.71. The Labute approximate surface area is 178 Å². The van der Waals surface area contributed by atoms with Crippen LogP contribution in [0, 0.1) is 4.91 Å². The number of hydrogen-bond donors (Lipinski definition) is 1. The summed E-state index contributed by atoms with van der Waals surface area (Å²) in [6.45, 7) is 0.344. The fraction of sp³-hybridized carbons (Fsp3) is 0.364. The van der Waals surface area contributed by atoms with E-state index in [1.54, 1.807) is 0 Å². The minimum absolute atomic E-state index is 0.290. The van der Waals surface area contributed by atoms with Crippen LogP contribution in [0.3, 0.4) is 0 Å². The van der Waals surface area contributed by atoms with Crippen LogP contribution in [0.4, 0.5) is 0 Å². The number of amides is 1. The van der Waals surface area contributed by atoms with E-state index in [1.165, 1.54) is 11.8 Å². The predicted molar refractivity (Wildman–Crippen MR) is 119 cm³/mol. The standard InChI is InChI=1S/C22H25N3O4S/c1-30(28)21(22(23)26)14-19-13-20(25-29-19)18-10-8-17(9-11-18)16-6-4-15(5-7-16)3-2-12-24-27/h4-11,19,21H,2-3,12-14H2,1H3,(H2,23,26). The van der Waals surface area contributed by atoms with Crippen LogP contribution in [-0.2, 0) is 27.2 Å². The minimum atomic E-state index is -1.34. The second kappa shape index (κ2) is 10.4. The molecule has 1 amide bonds. The summed E-state index contributed by atoms with van der Waals surface area (Å²) in [6, 6.07) is 16.3. The maximum atomic E-state index is 11.7. The van der Waals surface area contributed by atoms with Gasteiger partial charge in [-0.15, -0.1) is 0 Å². The summed E-state index contributed by atoms with van der Waals surface area (Å²) < 4.78 is 11.7. The number of nitrogens with zero attached hydrogens (tertiary/aromatic N) is 2. The van der Waals surface area contributed by atoms with Crippen molar-refractivity contribution in [1.82, 2.24) is 0 Å². The first-order chi connectivity index (χ1) is 14.5. The molecule has 0 aliphatic carbocycles. The summed E-state index contributed by atoms with van der Waals surface area (Å²) in [4.78, 5) is 27.1. The van der Waals surface area contributed by atoms with Gasteiger partial charge in [0.25, 0.3) is 5.91 Å². The number of oxime groups is 1. The molecule has 7 nitrogen and oxygen atoms in total. The van der Waals surface area contributed by atoms with E-state index in [4.69, 9.17) is 10.6 Å². The quantitative estimate of drug-likeness (QED) is 0.356. The zero-order valence-electron chi connectivity index (χ0n) is 16.8. The smallest absolute Gasteiger partial charge is 0.270 e. The fourth-order valence-corrected chi connectivity index (χ4v) is 4.26. The average molecular weight is 428 g/mol. The molecule has 158 valence electrons. The number of aryl methyl sites for hydroxylation is 1. The Morgan fingerprint density at radius 1 is 1.20 bits per heavy atom. The first-order valence-electron chi connectivity index (χ1n) is 9.81. The van der Waals surface area contributed by atoms with Gasteiger partial charge in [-0.05, 0) is 46.3 Å². The van der Waals surface area contributed by atoms with Crippen LogP contribution in [0.15, 0.2) is 58.9 Å². The highest BCUT2D eigenvalue weighted by atomic mass is 32.2. The van der Waals surface area contributed by atoms with E-state index in [0.29, 0.717) is 19.4 Å². The van der Waals surface area contributed by atoms with E-state index < -0.39 is 22.3 Å². The molecular weight excluding hydrogens is 402 g/mol. The lowest BCUT2D eigenvalue weighted by Crippen LogP contribution is -2.38. The largest absolute Gasteiger partial charge is 0.616 e. The molecule has 1 aliphatic heterocycles. The SMILES string of the molecule is C[S+]([O-])C(CC1CC(c2ccc(-c3ccc(CCCN=O)cc3)cc2)=NO1)C(N)=O. The number of nitrogens with two attached hydrogens (primary N) is 1. The van der Waals surface area contributed by atoms with E-state index >= 15 is 0 Å². The zero-order chi connectivity index (χ0) is 21.5. The van der Waals surface area contributed by atoms with Crippen LogP contribution in [0.1, 0.15) is 30.4 Å². The van der Waals surface area contributed by atoms with Gasteiger partial charge in [0, 0.05) is 12.8 Å². The van der Waals surface area contributed by atoms with Crippen LogP contribution in [-0.4, -0.2) is 40.3 Å². The van der Waals surface area contributed by atoms with Crippen molar-refractivity contribution in [1.29, 1.82) is 0 Å². The van der Waals surface area contributed by atoms with Crippen molar-refractivity contribution in [2.45, 2.75) is 37.0 Å². The number of hydrogen-bond acceptors (Lipinski definition) is 6. The average Bonchev–Trinajstić information content (AvgIpc) is 3.21. The monoisotopic (exact) mass is 427 g/mol. The fourth-order valence-electron chi connectivity index (χ4n) is 3.45. The lowest BCUT2D eigenvalue weighted by molar-refractivity contribution is -0.118. The van der Waals surface area contributed by atoms with E-state index in [1.807, 2.05) is 24.3 Å². The van der Waals surface area contributed by atoms with Crippen LogP contribution < -0.4 is 5.73 Å². The van der Waals surface area contributed by atoms with Crippen LogP contribution in [0.25, 0.3) is 11.1 Å². The van der Waals surface area contributed by atoms with Gasteiger partial charge in [0.2, 0.25) is 0 Å². The van der Waals surface area contributed by atoms with Gasteiger partial charge in [-0.25, -0.2) is 0 Å². The second-order valence-electron chi connectivity index (χ2n) is 7.33. The summed E-state index contributed by atoms with van der Waals surface area (Å²) in [7, 11) is 0. The van der Waals surface area contributed by atoms with Crippen molar-refractivity contribution in [3.63, 3.8) is 0 Å². The highest BCUT2D eigenvalue weighted by molar-refractivity contribution is 7.92. The van der Waals surface area contributed by atoms with E-state index in [0.717, 1.165) is 35.2 Å². The Morgan fingerprint density at radius 3 is 2.37 bits per heavy atom. The molecular formula is C22H25N3O4S. The van der Waals surface area contributed by atoms with Gasteiger partial charge in [0.1, 0.15) is 6.10 Å². The third kappa shape index (κ3) is 5.67. The summed E-state index contributed by atoms with van der Waals surface area (Å²) >= 11 is -1.34. The molecule has 3 unspecified atom stereocenters. The Bertz CT molecular complexity index is 898. The molecule has 1 heterocycles. The number of rotatable bonds is 10. The molecule has 0 radical (unpaired) electrons. The molecule has 1 aliphatic rings.